The van der Waals surface area contributed by atoms with Gasteiger partial charge in [-0.1, -0.05) is 6.07 Å². The molecule has 0 heterocycles. The molecule has 1 amide bonds. The average molecular weight is 388 g/mol. The summed E-state index contributed by atoms with van der Waals surface area (Å²) in [6.45, 7) is 5.19. The lowest BCUT2D eigenvalue weighted by molar-refractivity contribution is -0.142. The van der Waals surface area contributed by atoms with E-state index in [9.17, 15) is 14.7 Å². The molecule has 0 spiro atoms. The van der Waals surface area contributed by atoms with E-state index in [4.69, 9.17) is 9.47 Å². The lowest BCUT2D eigenvalue weighted by Crippen LogP contribution is -2.46. The SMILES string of the molecule is COc1ccc(C[C@@H](C(=O)O)N(C)C(=O)OC(C)(C)C)cc1Br. The number of hydrogen-bond donors (Lipinski definition) is 1. The van der Waals surface area contributed by atoms with Gasteiger partial charge in [-0.25, -0.2) is 9.59 Å². The normalized spacial score (nSPS) is 12.4. The first-order chi connectivity index (χ1) is 10.5. The third kappa shape index (κ3) is 5.74. The molecule has 1 N–H and O–H groups in total. The third-order valence-electron chi connectivity index (χ3n) is 3.08. The minimum absolute atomic E-state index is 0.160. The van der Waals surface area contributed by atoms with Crippen LogP contribution in [0.2, 0.25) is 0 Å². The highest BCUT2D eigenvalue weighted by Crippen LogP contribution is 2.26. The van der Waals surface area contributed by atoms with Gasteiger partial charge in [0.05, 0.1) is 11.6 Å². The van der Waals surface area contributed by atoms with Crippen molar-refractivity contribution in [1.82, 2.24) is 4.90 Å². The van der Waals surface area contributed by atoms with Crippen LogP contribution >= 0.6 is 15.9 Å². The molecule has 1 aromatic rings. The molecule has 0 aliphatic heterocycles. The van der Waals surface area contributed by atoms with Gasteiger partial charge in [0.25, 0.3) is 0 Å². The number of hydrogen-bond acceptors (Lipinski definition) is 4. The van der Waals surface area contributed by atoms with Crippen LogP contribution in [0.3, 0.4) is 0 Å². The van der Waals surface area contributed by atoms with Crippen LogP contribution in [-0.4, -0.2) is 47.9 Å². The Labute approximate surface area is 144 Å². The molecule has 0 unspecified atom stereocenters. The summed E-state index contributed by atoms with van der Waals surface area (Å²) in [7, 11) is 2.97. The van der Waals surface area contributed by atoms with Gasteiger partial charge in [0.1, 0.15) is 17.4 Å². The minimum Gasteiger partial charge on any atom is -0.496 e. The van der Waals surface area contributed by atoms with E-state index in [1.165, 1.54) is 7.05 Å². The molecule has 0 fully saturated rings. The fourth-order valence-electron chi connectivity index (χ4n) is 1.91. The van der Waals surface area contributed by atoms with E-state index in [2.05, 4.69) is 15.9 Å². The Morgan fingerprint density at radius 2 is 1.96 bits per heavy atom. The lowest BCUT2D eigenvalue weighted by Gasteiger charge is -2.28. The zero-order chi connectivity index (χ0) is 17.8. The molecule has 1 aromatic carbocycles. The number of carbonyl (C=O) groups excluding carboxylic acids is 1. The van der Waals surface area contributed by atoms with Gasteiger partial charge < -0.3 is 14.6 Å². The van der Waals surface area contributed by atoms with E-state index in [0.29, 0.717) is 5.75 Å². The summed E-state index contributed by atoms with van der Waals surface area (Å²) < 4.78 is 11.1. The number of carboxylic acid groups (broad SMARTS) is 1. The number of benzene rings is 1. The highest BCUT2D eigenvalue weighted by atomic mass is 79.9. The summed E-state index contributed by atoms with van der Waals surface area (Å²) in [5, 5.41) is 9.44. The molecular formula is C16H22BrNO5. The fourth-order valence-corrected chi connectivity index (χ4v) is 2.50. The van der Waals surface area contributed by atoms with Crippen molar-refractivity contribution in [3.05, 3.63) is 28.2 Å². The number of likely N-dealkylation sites (N-methyl/N-ethyl adjacent to an activating group) is 1. The Bertz CT molecular complexity index is 582. The van der Waals surface area contributed by atoms with Gasteiger partial charge >= 0.3 is 12.1 Å². The maximum atomic E-state index is 12.1. The van der Waals surface area contributed by atoms with Gasteiger partial charge in [0, 0.05) is 13.5 Å². The number of nitrogens with zero attached hydrogens (tertiary/aromatic N) is 1. The Hall–Kier alpha value is -1.76. The van der Waals surface area contributed by atoms with Crippen LogP contribution in [0.25, 0.3) is 0 Å². The van der Waals surface area contributed by atoms with Gasteiger partial charge in [-0.15, -0.1) is 0 Å². The van der Waals surface area contributed by atoms with Crippen molar-refractivity contribution in [3.8, 4) is 5.75 Å². The van der Waals surface area contributed by atoms with Gasteiger partial charge in [-0.05, 0) is 54.4 Å². The number of carbonyl (C=O) groups is 2. The highest BCUT2D eigenvalue weighted by Gasteiger charge is 2.30. The molecule has 7 heteroatoms. The third-order valence-corrected chi connectivity index (χ3v) is 3.70. The number of methoxy groups -OCH3 is 1. The summed E-state index contributed by atoms with van der Waals surface area (Å²) in [5.74, 6) is -0.438. The zero-order valence-electron chi connectivity index (χ0n) is 13.9. The van der Waals surface area contributed by atoms with E-state index in [1.54, 1.807) is 46.1 Å². The molecule has 0 saturated heterocycles. The molecule has 0 aromatic heterocycles. The standard InChI is InChI=1S/C16H22BrNO5/c1-16(2,3)23-15(21)18(4)12(14(19)20)9-10-6-7-13(22-5)11(17)8-10/h6-8,12H,9H2,1-5H3,(H,19,20)/t12-/m0/s1. The molecule has 1 atom stereocenters. The molecule has 23 heavy (non-hydrogen) atoms. The number of rotatable bonds is 5. The maximum absolute atomic E-state index is 12.1. The van der Waals surface area contributed by atoms with Crippen LogP contribution in [0.1, 0.15) is 26.3 Å². The first-order valence-electron chi connectivity index (χ1n) is 7.06. The quantitative estimate of drug-likeness (QED) is 0.838. The van der Waals surface area contributed by atoms with Gasteiger partial charge in [0.2, 0.25) is 0 Å². The van der Waals surface area contributed by atoms with E-state index < -0.39 is 23.7 Å². The van der Waals surface area contributed by atoms with E-state index in [1.807, 2.05) is 0 Å². The molecule has 6 nitrogen and oxygen atoms in total. The van der Waals surface area contributed by atoms with Crippen LogP contribution in [-0.2, 0) is 16.0 Å². The second kappa shape index (κ2) is 7.68. The monoisotopic (exact) mass is 387 g/mol. The Morgan fingerprint density at radius 3 is 2.39 bits per heavy atom. The Kier molecular flexibility index (Phi) is 6.44. The zero-order valence-corrected chi connectivity index (χ0v) is 15.5. The van der Waals surface area contributed by atoms with E-state index in [-0.39, 0.29) is 6.42 Å². The van der Waals surface area contributed by atoms with Gasteiger partial charge in [0.15, 0.2) is 0 Å². The number of halogens is 1. The largest absolute Gasteiger partial charge is 0.496 e. The van der Waals surface area contributed by atoms with Crippen molar-refractivity contribution >= 4 is 28.0 Å². The van der Waals surface area contributed by atoms with Crippen molar-refractivity contribution in [2.45, 2.75) is 38.8 Å². The summed E-state index contributed by atoms with van der Waals surface area (Å²) in [4.78, 5) is 24.7. The highest BCUT2D eigenvalue weighted by molar-refractivity contribution is 9.10. The van der Waals surface area contributed by atoms with Crippen LogP contribution in [0.5, 0.6) is 5.75 Å². The van der Waals surface area contributed by atoms with Crippen LogP contribution < -0.4 is 4.74 Å². The lowest BCUT2D eigenvalue weighted by atomic mass is 10.1. The van der Waals surface area contributed by atoms with Crippen molar-refractivity contribution in [2.75, 3.05) is 14.2 Å². The minimum atomic E-state index is -1.09. The molecule has 1 rings (SSSR count). The second-order valence-electron chi connectivity index (χ2n) is 6.12. The molecule has 128 valence electrons. The summed E-state index contributed by atoms with van der Waals surface area (Å²) >= 11 is 3.36. The average Bonchev–Trinajstić information content (AvgIpc) is 2.42. The molecular weight excluding hydrogens is 366 g/mol. The number of amides is 1. The Morgan fingerprint density at radius 1 is 1.35 bits per heavy atom. The fraction of sp³-hybridized carbons (Fsp3) is 0.500. The van der Waals surface area contributed by atoms with Gasteiger partial charge in [-0.3, -0.25) is 4.90 Å². The van der Waals surface area contributed by atoms with Crippen LogP contribution in [0, 0.1) is 0 Å². The predicted molar refractivity (Wildman–Crippen MR) is 89.8 cm³/mol. The van der Waals surface area contributed by atoms with Gasteiger partial charge in [-0.2, -0.15) is 0 Å². The van der Waals surface area contributed by atoms with E-state index >= 15 is 0 Å². The first kappa shape index (κ1) is 19.3. The maximum Gasteiger partial charge on any atom is 0.410 e. The van der Waals surface area contributed by atoms with E-state index in [0.717, 1.165) is 14.9 Å². The number of ether oxygens (including phenoxy) is 2. The summed E-state index contributed by atoms with van der Waals surface area (Å²) in [5.41, 5.74) is 0.0813. The molecule has 0 aliphatic carbocycles. The molecule has 0 aliphatic rings. The number of aliphatic carboxylic acids is 1. The van der Waals surface area contributed by atoms with Crippen molar-refractivity contribution in [2.24, 2.45) is 0 Å². The first-order valence-corrected chi connectivity index (χ1v) is 7.85. The summed E-state index contributed by atoms with van der Waals surface area (Å²) in [6.07, 6.45) is -0.509. The summed E-state index contributed by atoms with van der Waals surface area (Å²) in [6, 6.07) is 4.26. The van der Waals surface area contributed by atoms with Crippen molar-refractivity contribution in [1.29, 1.82) is 0 Å². The smallest absolute Gasteiger partial charge is 0.410 e. The van der Waals surface area contributed by atoms with Crippen molar-refractivity contribution < 1.29 is 24.2 Å². The Balaban J connectivity index is 2.93. The predicted octanol–water partition coefficient (Wildman–Crippen LogP) is 3.32. The number of carboxylic acids is 1. The topological polar surface area (TPSA) is 76.1 Å². The van der Waals surface area contributed by atoms with Crippen LogP contribution in [0.15, 0.2) is 22.7 Å². The molecule has 0 saturated carbocycles. The van der Waals surface area contributed by atoms with Crippen molar-refractivity contribution in [3.63, 3.8) is 0 Å². The second-order valence-corrected chi connectivity index (χ2v) is 6.97. The molecule has 0 bridgehead atoms. The van der Waals surface area contributed by atoms with Crippen LogP contribution in [0.4, 0.5) is 4.79 Å². The molecule has 0 radical (unpaired) electrons.